The van der Waals surface area contributed by atoms with Gasteiger partial charge in [-0.15, -0.1) is 0 Å². The summed E-state index contributed by atoms with van der Waals surface area (Å²) in [6.45, 7) is 0. The first-order valence-electron chi connectivity index (χ1n) is 6.13. The molecule has 2 nitrogen and oxygen atoms in total. The monoisotopic (exact) mass is 334 g/mol. The Hall–Kier alpha value is -2.51. The molecule has 0 bridgehead atoms. The highest BCUT2D eigenvalue weighted by atomic mass is 19.4. The highest BCUT2D eigenvalue weighted by molar-refractivity contribution is 5.98. The van der Waals surface area contributed by atoms with Gasteiger partial charge in [-0.3, -0.25) is 0 Å². The Morgan fingerprint density at radius 3 is 2.00 bits per heavy atom. The van der Waals surface area contributed by atoms with Gasteiger partial charge >= 0.3 is 18.3 Å². The molecule has 0 fully saturated rings. The van der Waals surface area contributed by atoms with E-state index < -0.39 is 40.6 Å². The molecule has 0 aliphatic rings. The zero-order chi connectivity index (χ0) is 17.4. The lowest BCUT2D eigenvalue weighted by Crippen LogP contribution is -2.14. The van der Waals surface area contributed by atoms with E-state index in [2.05, 4.69) is 0 Å². The minimum absolute atomic E-state index is 0.261. The zero-order valence-corrected chi connectivity index (χ0v) is 11.2. The molecule has 0 aliphatic carbocycles. The van der Waals surface area contributed by atoms with E-state index in [1.165, 1.54) is 0 Å². The number of carbonyl (C=O) groups is 1. The summed E-state index contributed by atoms with van der Waals surface area (Å²) >= 11 is 0. The van der Waals surface area contributed by atoms with E-state index in [-0.39, 0.29) is 5.56 Å². The lowest BCUT2D eigenvalue weighted by atomic mass is 9.94. The first-order chi connectivity index (χ1) is 10.5. The number of benzene rings is 2. The van der Waals surface area contributed by atoms with Crippen LogP contribution in [-0.2, 0) is 12.4 Å². The molecule has 0 unspecified atom stereocenters. The fraction of sp³-hybridized carbons (Fsp3) is 0.133. The minimum atomic E-state index is -4.94. The quantitative estimate of drug-likeness (QED) is 0.777. The first-order valence-corrected chi connectivity index (χ1v) is 6.13. The lowest BCUT2D eigenvalue weighted by molar-refractivity contribution is -0.138. The van der Waals surface area contributed by atoms with E-state index in [0.717, 1.165) is 30.3 Å². The number of alkyl halides is 6. The molecule has 8 heteroatoms. The summed E-state index contributed by atoms with van der Waals surface area (Å²) in [5.74, 6) is -1.87. The second-order valence-electron chi connectivity index (χ2n) is 4.61. The van der Waals surface area contributed by atoms with Gasteiger partial charge in [-0.25, -0.2) is 4.79 Å². The van der Waals surface area contributed by atoms with Crippen LogP contribution in [0, 0.1) is 0 Å². The average molecular weight is 334 g/mol. The van der Waals surface area contributed by atoms with Crippen molar-refractivity contribution in [3.63, 3.8) is 0 Å². The number of rotatable bonds is 2. The predicted octanol–water partition coefficient (Wildman–Crippen LogP) is 5.09. The molecule has 2 aromatic rings. The molecule has 0 radical (unpaired) electrons. The van der Waals surface area contributed by atoms with Crippen molar-refractivity contribution >= 4 is 5.97 Å². The minimum Gasteiger partial charge on any atom is -0.478 e. The van der Waals surface area contributed by atoms with Crippen molar-refractivity contribution < 1.29 is 36.2 Å². The Kier molecular flexibility index (Phi) is 4.10. The molecule has 1 N–H and O–H groups in total. The number of carboxylic acid groups (broad SMARTS) is 1. The second-order valence-corrected chi connectivity index (χ2v) is 4.61. The van der Waals surface area contributed by atoms with Gasteiger partial charge < -0.3 is 5.11 Å². The van der Waals surface area contributed by atoms with Crippen LogP contribution in [0.1, 0.15) is 21.5 Å². The molecule has 0 aliphatic heterocycles. The maximum Gasteiger partial charge on any atom is 0.417 e. The molecule has 122 valence electrons. The van der Waals surface area contributed by atoms with Crippen molar-refractivity contribution in [1.29, 1.82) is 0 Å². The van der Waals surface area contributed by atoms with Crippen LogP contribution in [0.5, 0.6) is 0 Å². The van der Waals surface area contributed by atoms with E-state index in [0.29, 0.717) is 12.1 Å². The zero-order valence-electron chi connectivity index (χ0n) is 11.2. The van der Waals surface area contributed by atoms with Crippen molar-refractivity contribution in [3.05, 3.63) is 59.2 Å². The van der Waals surface area contributed by atoms with Gasteiger partial charge in [0.25, 0.3) is 0 Å². The molecule has 0 atom stereocenters. The number of aromatic carboxylic acids is 1. The van der Waals surface area contributed by atoms with E-state index in [9.17, 15) is 31.1 Å². The molecule has 0 saturated carbocycles. The molecule has 0 saturated heterocycles. The Morgan fingerprint density at radius 1 is 0.870 bits per heavy atom. The van der Waals surface area contributed by atoms with Crippen LogP contribution in [0.2, 0.25) is 0 Å². The summed E-state index contributed by atoms with van der Waals surface area (Å²) in [6, 6.07) is 6.04. The van der Waals surface area contributed by atoms with E-state index in [1.807, 2.05) is 0 Å². The van der Waals surface area contributed by atoms with Crippen LogP contribution in [0.25, 0.3) is 11.1 Å². The van der Waals surface area contributed by atoms with Gasteiger partial charge in [-0.05, 0) is 29.3 Å². The van der Waals surface area contributed by atoms with Crippen molar-refractivity contribution in [3.8, 4) is 11.1 Å². The third kappa shape index (κ3) is 3.46. The highest BCUT2D eigenvalue weighted by Crippen LogP contribution is 2.38. The second kappa shape index (κ2) is 5.60. The third-order valence-corrected chi connectivity index (χ3v) is 3.08. The fourth-order valence-corrected chi connectivity index (χ4v) is 2.12. The first kappa shape index (κ1) is 16.9. The fourth-order valence-electron chi connectivity index (χ4n) is 2.12. The largest absolute Gasteiger partial charge is 0.478 e. The number of carboxylic acids is 1. The van der Waals surface area contributed by atoms with Crippen molar-refractivity contribution in [2.24, 2.45) is 0 Å². The summed E-state index contributed by atoms with van der Waals surface area (Å²) in [7, 11) is 0. The summed E-state index contributed by atoms with van der Waals surface area (Å²) < 4.78 is 76.9. The molecule has 2 aromatic carbocycles. The van der Waals surface area contributed by atoms with Gasteiger partial charge in [-0.1, -0.05) is 24.3 Å². The van der Waals surface area contributed by atoms with Gasteiger partial charge in [0.05, 0.1) is 16.7 Å². The van der Waals surface area contributed by atoms with Crippen LogP contribution < -0.4 is 0 Å². The SMILES string of the molecule is O=C(O)c1c(-c2cccc(C(F)(F)F)c2)cccc1C(F)(F)F. The van der Waals surface area contributed by atoms with Gasteiger partial charge in [-0.2, -0.15) is 26.3 Å². The smallest absolute Gasteiger partial charge is 0.417 e. The molecule has 23 heavy (non-hydrogen) atoms. The normalized spacial score (nSPS) is 12.3. The van der Waals surface area contributed by atoms with Crippen molar-refractivity contribution in [2.45, 2.75) is 12.4 Å². The summed E-state index contributed by atoms with van der Waals surface area (Å²) in [4.78, 5) is 11.2. The lowest BCUT2D eigenvalue weighted by Gasteiger charge is -2.15. The van der Waals surface area contributed by atoms with Crippen LogP contribution in [0.15, 0.2) is 42.5 Å². The molecule has 0 aromatic heterocycles. The predicted molar refractivity (Wildman–Crippen MR) is 68.8 cm³/mol. The maximum atomic E-state index is 12.9. The van der Waals surface area contributed by atoms with Crippen LogP contribution in [0.3, 0.4) is 0 Å². The molecule has 0 heterocycles. The highest BCUT2D eigenvalue weighted by Gasteiger charge is 2.37. The summed E-state index contributed by atoms with van der Waals surface area (Å²) in [5, 5.41) is 9.08. The maximum absolute atomic E-state index is 12.9. The number of hydrogen-bond acceptors (Lipinski definition) is 1. The topological polar surface area (TPSA) is 37.3 Å². The Morgan fingerprint density at radius 2 is 1.48 bits per heavy atom. The van der Waals surface area contributed by atoms with Crippen molar-refractivity contribution in [1.82, 2.24) is 0 Å². The molecular formula is C15H8F6O2. The van der Waals surface area contributed by atoms with Crippen LogP contribution >= 0.6 is 0 Å². The molecule has 0 spiro atoms. The third-order valence-electron chi connectivity index (χ3n) is 3.08. The van der Waals surface area contributed by atoms with Gasteiger partial charge in [0, 0.05) is 0 Å². The van der Waals surface area contributed by atoms with Crippen LogP contribution in [0.4, 0.5) is 26.3 Å². The van der Waals surface area contributed by atoms with Gasteiger partial charge in [0.15, 0.2) is 0 Å². The standard InChI is InChI=1S/C15H8F6O2/c16-14(17,18)9-4-1-3-8(7-9)10-5-2-6-11(15(19,20)21)12(10)13(22)23/h1-7H,(H,22,23). The molecule has 0 amide bonds. The van der Waals surface area contributed by atoms with E-state index in [4.69, 9.17) is 5.11 Å². The average Bonchev–Trinajstić information content (AvgIpc) is 2.44. The molecular weight excluding hydrogens is 326 g/mol. The number of hydrogen-bond donors (Lipinski definition) is 1. The van der Waals surface area contributed by atoms with Crippen LogP contribution in [-0.4, -0.2) is 11.1 Å². The number of halogens is 6. The Balaban J connectivity index is 2.72. The van der Waals surface area contributed by atoms with E-state index >= 15 is 0 Å². The summed E-state index contributed by atoms with van der Waals surface area (Å²) in [5.41, 5.74) is -4.27. The summed E-state index contributed by atoms with van der Waals surface area (Å²) in [6.07, 6.45) is -9.63. The van der Waals surface area contributed by atoms with Gasteiger partial charge in [0.2, 0.25) is 0 Å². The Labute approximate surface area is 126 Å². The van der Waals surface area contributed by atoms with E-state index in [1.54, 1.807) is 0 Å². The Bertz CT molecular complexity index is 746. The van der Waals surface area contributed by atoms with Gasteiger partial charge in [0.1, 0.15) is 0 Å². The molecule has 2 rings (SSSR count). The van der Waals surface area contributed by atoms with Crippen molar-refractivity contribution in [2.75, 3.05) is 0 Å².